The van der Waals surface area contributed by atoms with E-state index in [1.807, 2.05) is 0 Å². The molecule has 3 aliphatic heterocycles. The molecular formula is C20H35NO11. The van der Waals surface area contributed by atoms with Crippen LogP contribution in [-0.2, 0) is 19.0 Å². The van der Waals surface area contributed by atoms with Crippen molar-refractivity contribution in [2.45, 2.75) is 81.5 Å². The Morgan fingerprint density at radius 2 is 1.75 bits per heavy atom. The highest BCUT2D eigenvalue weighted by atomic mass is 16.7. The van der Waals surface area contributed by atoms with Gasteiger partial charge in [-0.15, -0.1) is 0 Å². The maximum atomic E-state index is 12.4. The summed E-state index contributed by atoms with van der Waals surface area (Å²) in [5.41, 5.74) is 0. The predicted molar refractivity (Wildman–Crippen MR) is 106 cm³/mol. The summed E-state index contributed by atoms with van der Waals surface area (Å²) in [5.74, 6) is -1.90. The molecule has 12 heteroatoms. The Hall–Kier alpha value is -0.930. The fraction of sp³-hybridized carbons (Fsp3) is 0.950. The van der Waals surface area contributed by atoms with Gasteiger partial charge in [-0.25, -0.2) is 0 Å². The Morgan fingerprint density at radius 1 is 1.09 bits per heavy atom. The molecule has 0 aliphatic carbocycles. The fourth-order valence-corrected chi connectivity index (χ4v) is 4.73. The van der Waals surface area contributed by atoms with Crippen molar-refractivity contribution in [2.24, 2.45) is 11.8 Å². The van der Waals surface area contributed by atoms with Crippen molar-refractivity contribution in [1.82, 2.24) is 4.90 Å². The van der Waals surface area contributed by atoms with Crippen molar-refractivity contribution in [3.8, 4) is 0 Å². The number of aliphatic hydroxyl groups excluding tert-OH is 6. The maximum Gasteiger partial charge on any atom is 0.223 e. The fourth-order valence-electron chi connectivity index (χ4n) is 4.73. The molecular weight excluding hydrogens is 430 g/mol. The van der Waals surface area contributed by atoms with Gasteiger partial charge < -0.3 is 54.9 Å². The lowest BCUT2D eigenvalue weighted by molar-refractivity contribution is -0.318. The van der Waals surface area contributed by atoms with Crippen LogP contribution in [0.15, 0.2) is 0 Å². The highest BCUT2D eigenvalue weighted by molar-refractivity contribution is 5.78. The number of hydrogen-bond acceptors (Lipinski definition) is 11. The van der Waals surface area contributed by atoms with E-state index < -0.39 is 68.0 Å². The Bertz CT molecular complexity index is 649. The molecule has 3 aliphatic rings. The third-order valence-corrected chi connectivity index (χ3v) is 6.33. The second-order valence-corrected chi connectivity index (χ2v) is 9.40. The molecule has 10 atom stereocenters. The summed E-state index contributed by atoms with van der Waals surface area (Å²) in [6.45, 7) is 2.83. The van der Waals surface area contributed by atoms with E-state index in [0.717, 1.165) is 6.42 Å². The smallest absolute Gasteiger partial charge is 0.223 e. The van der Waals surface area contributed by atoms with Gasteiger partial charge in [0.05, 0.1) is 19.8 Å². The average Bonchev–Trinajstić information content (AvgIpc) is 3.18. The number of rotatable bonds is 8. The number of likely N-dealkylation sites (tertiary alicyclic amines) is 1. The summed E-state index contributed by atoms with van der Waals surface area (Å²) >= 11 is 0. The van der Waals surface area contributed by atoms with Crippen molar-refractivity contribution in [3.63, 3.8) is 0 Å². The topological polar surface area (TPSA) is 190 Å². The number of nitrogens with zero attached hydrogens (tertiary/aromatic N) is 1. The van der Waals surface area contributed by atoms with Crippen molar-refractivity contribution in [1.29, 1.82) is 0 Å². The van der Waals surface area contributed by atoms with Crippen molar-refractivity contribution in [2.75, 3.05) is 26.3 Å². The van der Waals surface area contributed by atoms with E-state index in [1.54, 1.807) is 0 Å². The number of ether oxygens (including phenoxy) is 3. The van der Waals surface area contributed by atoms with Crippen LogP contribution in [0.2, 0.25) is 0 Å². The van der Waals surface area contributed by atoms with Gasteiger partial charge in [0.15, 0.2) is 6.29 Å². The lowest BCUT2D eigenvalue weighted by Gasteiger charge is -2.41. The molecule has 0 bridgehead atoms. The van der Waals surface area contributed by atoms with Crippen LogP contribution in [0, 0.1) is 11.8 Å². The second kappa shape index (κ2) is 10.1. The monoisotopic (exact) mass is 465 g/mol. The van der Waals surface area contributed by atoms with Crippen molar-refractivity contribution < 1.29 is 54.8 Å². The van der Waals surface area contributed by atoms with Crippen LogP contribution >= 0.6 is 0 Å². The summed E-state index contributed by atoms with van der Waals surface area (Å²) in [7, 11) is 0. The SMILES string of the molecule is CC(C)C[C@H]1CC(=O)N(CC2(O)O[C@H](CO)[C@@H](O[C@@H]3O[C@H](CO)[C@H](O)[C@H](O)[C@H]3O)[C@@H]2O)C1. The van der Waals surface area contributed by atoms with E-state index in [9.17, 15) is 40.5 Å². The van der Waals surface area contributed by atoms with E-state index in [4.69, 9.17) is 14.2 Å². The Morgan fingerprint density at radius 3 is 2.34 bits per heavy atom. The molecule has 0 radical (unpaired) electrons. The summed E-state index contributed by atoms with van der Waals surface area (Å²) in [6.07, 6.45) is -11.0. The van der Waals surface area contributed by atoms with Crippen LogP contribution in [0.3, 0.4) is 0 Å². The van der Waals surface area contributed by atoms with Gasteiger partial charge in [0.25, 0.3) is 0 Å². The van der Waals surface area contributed by atoms with Gasteiger partial charge in [-0.3, -0.25) is 4.79 Å². The first-order valence-electron chi connectivity index (χ1n) is 10.9. The van der Waals surface area contributed by atoms with Crippen molar-refractivity contribution in [3.05, 3.63) is 0 Å². The van der Waals surface area contributed by atoms with Gasteiger partial charge in [0, 0.05) is 13.0 Å². The van der Waals surface area contributed by atoms with Crippen LogP contribution in [0.4, 0.5) is 0 Å². The summed E-state index contributed by atoms with van der Waals surface area (Å²) in [5, 5.41) is 70.8. The number of carbonyl (C=O) groups is 1. The molecule has 0 aromatic carbocycles. The third-order valence-electron chi connectivity index (χ3n) is 6.33. The zero-order valence-corrected chi connectivity index (χ0v) is 18.2. The van der Waals surface area contributed by atoms with Crippen LogP contribution in [0.5, 0.6) is 0 Å². The average molecular weight is 465 g/mol. The van der Waals surface area contributed by atoms with E-state index in [0.29, 0.717) is 18.9 Å². The first-order valence-corrected chi connectivity index (χ1v) is 10.9. The third kappa shape index (κ3) is 5.09. The molecule has 0 aromatic heterocycles. The zero-order chi connectivity index (χ0) is 23.8. The minimum Gasteiger partial charge on any atom is -0.394 e. The first kappa shape index (κ1) is 25.7. The van der Waals surface area contributed by atoms with Crippen LogP contribution < -0.4 is 0 Å². The normalized spacial score (nSPS) is 45.2. The molecule has 3 rings (SSSR count). The minimum absolute atomic E-state index is 0.124. The van der Waals surface area contributed by atoms with E-state index in [2.05, 4.69) is 13.8 Å². The Balaban J connectivity index is 1.69. The number of aliphatic hydroxyl groups is 7. The molecule has 32 heavy (non-hydrogen) atoms. The summed E-state index contributed by atoms with van der Waals surface area (Å²) in [4.78, 5) is 13.8. The standard InChI is InChI=1S/C20H35NO11/c1-9(2)3-10-4-13(24)21(5-10)8-20(29)18(28)17(12(7-23)32-20)31-19-16(27)15(26)14(25)11(6-22)30-19/h9-12,14-19,22-23,25-29H,3-8H2,1-2H3/t10-,11+,12+,14-,15-,16+,17+,18-,19-,20?/m0/s1. The highest BCUT2D eigenvalue weighted by Gasteiger charge is 2.58. The summed E-state index contributed by atoms with van der Waals surface area (Å²) in [6, 6.07) is 0. The summed E-state index contributed by atoms with van der Waals surface area (Å²) < 4.78 is 16.3. The Labute approximate surface area is 185 Å². The number of hydrogen-bond donors (Lipinski definition) is 7. The van der Waals surface area contributed by atoms with E-state index in [-0.39, 0.29) is 18.4 Å². The van der Waals surface area contributed by atoms with Gasteiger partial charge >= 0.3 is 0 Å². The van der Waals surface area contributed by atoms with E-state index in [1.165, 1.54) is 4.90 Å². The molecule has 12 nitrogen and oxygen atoms in total. The van der Waals surface area contributed by atoms with E-state index >= 15 is 0 Å². The molecule has 3 fully saturated rings. The van der Waals surface area contributed by atoms with Gasteiger partial charge in [-0.1, -0.05) is 13.8 Å². The maximum absolute atomic E-state index is 12.4. The quantitative estimate of drug-likeness (QED) is 0.188. The van der Waals surface area contributed by atoms with Gasteiger partial charge in [0.2, 0.25) is 11.7 Å². The number of amides is 1. The molecule has 7 N–H and O–H groups in total. The van der Waals surface area contributed by atoms with Crippen molar-refractivity contribution >= 4 is 5.91 Å². The highest BCUT2D eigenvalue weighted by Crippen LogP contribution is 2.36. The molecule has 3 heterocycles. The molecule has 0 saturated carbocycles. The molecule has 0 aromatic rings. The van der Waals surface area contributed by atoms with Gasteiger partial charge in [-0.05, 0) is 18.3 Å². The number of carbonyl (C=O) groups excluding carboxylic acids is 1. The molecule has 1 amide bonds. The minimum atomic E-state index is -2.24. The van der Waals surface area contributed by atoms with Crippen LogP contribution in [-0.4, -0.2) is 128 Å². The first-order chi connectivity index (χ1) is 15.0. The number of β-amino-alcohol motifs (C(OH)–C–C–N with tert-alkyl or cyclic N) is 1. The Kier molecular flexibility index (Phi) is 8.14. The molecule has 1 unspecified atom stereocenters. The second-order valence-electron chi connectivity index (χ2n) is 9.40. The predicted octanol–water partition coefficient (Wildman–Crippen LogP) is -3.49. The van der Waals surface area contributed by atoms with Gasteiger partial charge in [-0.2, -0.15) is 0 Å². The van der Waals surface area contributed by atoms with Crippen LogP contribution in [0.25, 0.3) is 0 Å². The lowest BCUT2D eigenvalue weighted by Crippen LogP contribution is -2.61. The van der Waals surface area contributed by atoms with Gasteiger partial charge in [0.1, 0.15) is 42.7 Å². The molecule has 3 saturated heterocycles. The zero-order valence-electron chi connectivity index (χ0n) is 18.2. The van der Waals surface area contributed by atoms with Crippen LogP contribution in [0.1, 0.15) is 26.7 Å². The molecule has 0 spiro atoms. The molecule has 186 valence electrons. The largest absolute Gasteiger partial charge is 0.394 e. The lowest BCUT2D eigenvalue weighted by atomic mass is 9.96.